The molecule has 0 spiro atoms. The van der Waals surface area contributed by atoms with E-state index >= 15 is 0 Å². The number of amides is 2. The third kappa shape index (κ3) is 2.38. The summed E-state index contributed by atoms with van der Waals surface area (Å²) in [4.78, 5) is 27.5. The minimum atomic E-state index is -0.653. The molecule has 0 unspecified atom stereocenters. The predicted octanol–water partition coefficient (Wildman–Crippen LogP) is 1.93. The standard InChI is InChI=1S/C14H14ClFN2O2/c15-10-2-1-3-11(16)13(10)14(20)17-6-7-18(9-4-5-9)12(19)8-17/h1-3,9H,4-8H2. The number of hydrogen-bond donors (Lipinski definition) is 0. The Labute approximate surface area is 121 Å². The highest BCUT2D eigenvalue weighted by atomic mass is 35.5. The molecule has 20 heavy (non-hydrogen) atoms. The van der Waals surface area contributed by atoms with Crippen LogP contribution in [0, 0.1) is 5.82 Å². The van der Waals surface area contributed by atoms with Gasteiger partial charge in [-0.3, -0.25) is 9.59 Å². The van der Waals surface area contributed by atoms with Crippen LogP contribution in [0.1, 0.15) is 23.2 Å². The SMILES string of the molecule is O=C(c1c(F)cccc1Cl)N1CCN(C2CC2)C(=O)C1. The number of rotatable bonds is 2. The van der Waals surface area contributed by atoms with Crippen molar-refractivity contribution in [2.24, 2.45) is 0 Å². The molecular formula is C14H14ClFN2O2. The van der Waals surface area contributed by atoms with Crippen LogP contribution in [0.15, 0.2) is 18.2 Å². The molecule has 1 saturated heterocycles. The Morgan fingerprint density at radius 2 is 2.05 bits per heavy atom. The molecule has 2 aliphatic rings. The van der Waals surface area contributed by atoms with E-state index in [1.165, 1.54) is 23.1 Å². The Balaban J connectivity index is 1.77. The fourth-order valence-corrected chi connectivity index (χ4v) is 2.74. The van der Waals surface area contributed by atoms with E-state index in [2.05, 4.69) is 0 Å². The summed E-state index contributed by atoms with van der Waals surface area (Å²) in [5.74, 6) is -1.24. The van der Waals surface area contributed by atoms with Crippen molar-refractivity contribution < 1.29 is 14.0 Å². The van der Waals surface area contributed by atoms with Crippen LogP contribution in [0.5, 0.6) is 0 Å². The Kier molecular flexibility index (Phi) is 3.38. The number of piperazine rings is 1. The van der Waals surface area contributed by atoms with Gasteiger partial charge in [0.05, 0.1) is 10.6 Å². The van der Waals surface area contributed by atoms with Gasteiger partial charge in [0.1, 0.15) is 12.4 Å². The molecule has 0 atom stereocenters. The Hall–Kier alpha value is -1.62. The van der Waals surface area contributed by atoms with Gasteiger partial charge in [-0.15, -0.1) is 0 Å². The van der Waals surface area contributed by atoms with Crippen molar-refractivity contribution in [2.75, 3.05) is 19.6 Å². The average Bonchev–Trinajstić information content (AvgIpc) is 3.22. The molecule has 2 fully saturated rings. The summed E-state index contributed by atoms with van der Waals surface area (Å²) in [6.45, 7) is 0.938. The highest BCUT2D eigenvalue weighted by Crippen LogP contribution is 2.29. The van der Waals surface area contributed by atoms with Gasteiger partial charge < -0.3 is 9.80 Å². The van der Waals surface area contributed by atoms with Crippen LogP contribution in [0.3, 0.4) is 0 Å². The molecule has 1 aromatic carbocycles. The topological polar surface area (TPSA) is 40.6 Å². The number of carbonyl (C=O) groups excluding carboxylic acids is 2. The molecule has 1 aliphatic heterocycles. The largest absolute Gasteiger partial charge is 0.336 e. The van der Waals surface area contributed by atoms with Crippen LogP contribution >= 0.6 is 11.6 Å². The third-order valence-corrected chi connectivity index (χ3v) is 4.02. The molecule has 0 aromatic heterocycles. The second-order valence-electron chi connectivity index (χ2n) is 5.14. The highest BCUT2D eigenvalue weighted by molar-refractivity contribution is 6.33. The van der Waals surface area contributed by atoms with E-state index in [0.717, 1.165) is 12.8 Å². The van der Waals surface area contributed by atoms with Gasteiger partial charge in [0.2, 0.25) is 5.91 Å². The van der Waals surface area contributed by atoms with E-state index < -0.39 is 11.7 Å². The summed E-state index contributed by atoms with van der Waals surface area (Å²) in [6.07, 6.45) is 2.08. The summed E-state index contributed by atoms with van der Waals surface area (Å²) in [5.41, 5.74) is -0.151. The molecule has 0 bridgehead atoms. The molecule has 6 heteroatoms. The van der Waals surface area contributed by atoms with Crippen molar-refractivity contribution in [2.45, 2.75) is 18.9 Å². The Bertz CT molecular complexity index is 554. The van der Waals surface area contributed by atoms with Crippen molar-refractivity contribution in [3.05, 3.63) is 34.6 Å². The highest BCUT2D eigenvalue weighted by Gasteiger charge is 2.37. The van der Waals surface area contributed by atoms with Crippen molar-refractivity contribution in [3.8, 4) is 0 Å². The number of halogens is 2. The van der Waals surface area contributed by atoms with Gasteiger partial charge in [-0.2, -0.15) is 0 Å². The first-order chi connectivity index (χ1) is 9.58. The second kappa shape index (κ2) is 5.05. The van der Waals surface area contributed by atoms with Crippen molar-refractivity contribution >= 4 is 23.4 Å². The molecule has 106 valence electrons. The van der Waals surface area contributed by atoms with E-state index in [4.69, 9.17) is 11.6 Å². The number of nitrogens with zero attached hydrogens (tertiary/aromatic N) is 2. The van der Waals surface area contributed by atoms with E-state index in [1.54, 1.807) is 0 Å². The lowest BCUT2D eigenvalue weighted by Gasteiger charge is -2.34. The minimum Gasteiger partial charge on any atom is -0.336 e. The quantitative estimate of drug-likeness (QED) is 0.837. The smallest absolute Gasteiger partial charge is 0.258 e. The summed E-state index contributed by atoms with van der Waals surface area (Å²) in [5, 5.41) is 0.0760. The lowest BCUT2D eigenvalue weighted by Crippen LogP contribution is -2.53. The summed E-state index contributed by atoms with van der Waals surface area (Å²) >= 11 is 5.89. The molecule has 1 aromatic rings. The molecule has 3 rings (SSSR count). The van der Waals surface area contributed by atoms with Gasteiger partial charge in [0, 0.05) is 19.1 Å². The van der Waals surface area contributed by atoms with Gasteiger partial charge in [-0.05, 0) is 25.0 Å². The summed E-state index contributed by atoms with van der Waals surface area (Å²) < 4.78 is 13.7. The first-order valence-corrected chi connectivity index (χ1v) is 6.98. The molecule has 4 nitrogen and oxygen atoms in total. The van der Waals surface area contributed by atoms with E-state index in [-0.39, 0.29) is 23.0 Å². The van der Waals surface area contributed by atoms with Crippen LogP contribution < -0.4 is 0 Å². The molecule has 1 aliphatic carbocycles. The van der Waals surface area contributed by atoms with E-state index in [1.807, 2.05) is 4.90 Å². The number of benzene rings is 1. The molecular weight excluding hydrogens is 283 g/mol. The van der Waals surface area contributed by atoms with Gasteiger partial charge >= 0.3 is 0 Å². The zero-order valence-corrected chi connectivity index (χ0v) is 11.6. The van der Waals surface area contributed by atoms with Crippen molar-refractivity contribution in [1.82, 2.24) is 9.80 Å². The van der Waals surface area contributed by atoms with Crippen LogP contribution in [0.2, 0.25) is 5.02 Å². The van der Waals surface area contributed by atoms with Gasteiger partial charge in [-0.1, -0.05) is 17.7 Å². The van der Waals surface area contributed by atoms with Crippen LogP contribution in [-0.4, -0.2) is 47.3 Å². The molecule has 1 heterocycles. The lowest BCUT2D eigenvalue weighted by molar-refractivity contribution is -0.135. The third-order valence-electron chi connectivity index (χ3n) is 3.71. The summed E-state index contributed by atoms with van der Waals surface area (Å²) in [6, 6.07) is 4.46. The predicted molar refractivity (Wildman–Crippen MR) is 72.0 cm³/mol. The Morgan fingerprint density at radius 1 is 1.30 bits per heavy atom. The number of carbonyl (C=O) groups is 2. The summed E-state index contributed by atoms with van der Waals surface area (Å²) in [7, 11) is 0. The van der Waals surface area contributed by atoms with Crippen LogP contribution in [0.25, 0.3) is 0 Å². The zero-order chi connectivity index (χ0) is 14.3. The fourth-order valence-electron chi connectivity index (χ4n) is 2.49. The fraction of sp³-hybridized carbons (Fsp3) is 0.429. The second-order valence-corrected chi connectivity index (χ2v) is 5.55. The van der Waals surface area contributed by atoms with E-state index in [0.29, 0.717) is 19.1 Å². The molecule has 0 radical (unpaired) electrons. The first-order valence-electron chi connectivity index (χ1n) is 6.60. The van der Waals surface area contributed by atoms with Gasteiger partial charge in [0.15, 0.2) is 0 Å². The van der Waals surface area contributed by atoms with Crippen molar-refractivity contribution in [1.29, 1.82) is 0 Å². The zero-order valence-electron chi connectivity index (χ0n) is 10.8. The minimum absolute atomic E-state index is 0.00000346. The normalized spacial score (nSPS) is 19.4. The van der Waals surface area contributed by atoms with Gasteiger partial charge in [0.25, 0.3) is 5.91 Å². The first kappa shape index (κ1) is 13.4. The monoisotopic (exact) mass is 296 g/mol. The maximum absolute atomic E-state index is 13.7. The molecule has 2 amide bonds. The maximum Gasteiger partial charge on any atom is 0.258 e. The maximum atomic E-state index is 13.7. The average molecular weight is 297 g/mol. The number of hydrogen-bond acceptors (Lipinski definition) is 2. The lowest BCUT2D eigenvalue weighted by atomic mass is 10.1. The van der Waals surface area contributed by atoms with Crippen LogP contribution in [0.4, 0.5) is 4.39 Å². The van der Waals surface area contributed by atoms with Crippen LogP contribution in [-0.2, 0) is 4.79 Å². The van der Waals surface area contributed by atoms with Crippen molar-refractivity contribution in [3.63, 3.8) is 0 Å². The molecule has 1 saturated carbocycles. The Morgan fingerprint density at radius 3 is 2.65 bits per heavy atom. The van der Waals surface area contributed by atoms with E-state index in [9.17, 15) is 14.0 Å². The van der Waals surface area contributed by atoms with Gasteiger partial charge in [-0.25, -0.2) is 4.39 Å². The molecule has 0 N–H and O–H groups in total.